The Labute approximate surface area is 108 Å². The molecule has 0 radical (unpaired) electrons. The maximum absolute atomic E-state index is 11.5. The van der Waals surface area contributed by atoms with E-state index in [9.17, 15) is 4.79 Å². The third-order valence-electron chi connectivity index (χ3n) is 2.20. The minimum atomic E-state index is -0.365. The molecular formula is C16H16O2. The highest BCUT2D eigenvalue weighted by molar-refractivity contribution is 5.93. The van der Waals surface area contributed by atoms with E-state index in [0.29, 0.717) is 5.57 Å². The highest BCUT2D eigenvalue weighted by atomic mass is 16.5. The molecule has 0 atom stereocenters. The van der Waals surface area contributed by atoms with Crippen LogP contribution >= 0.6 is 0 Å². The summed E-state index contributed by atoms with van der Waals surface area (Å²) >= 11 is 0. The number of benzene rings is 1. The second-order valence-electron chi connectivity index (χ2n) is 3.48. The van der Waals surface area contributed by atoms with Gasteiger partial charge in [-0.2, -0.15) is 0 Å². The van der Waals surface area contributed by atoms with Crippen molar-refractivity contribution < 1.29 is 9.53 Å². The fraction of sp³-hybridized carbons (Fsp3) is 0.0625. The van der Waals surface area contributed by atoms with Crippen LogP contribution < -0.4 is 0 Å². The largest absolute Gasteiger partial charge is 0.465 e. The SMILES string of the molecule is C=CC=CC=C(C=Cc1ccccc1)C(=O)OC. The predicted octanol–water partition coefficient (Wildman–Crippen LogP) is 3.54. The molecular weight excluding hydrogens is 224 g/mol. The third kappa shape index (κ3) is 4.66. The van der Waals surface area contributed by atoms with Gasteiger partial charge in [-0.1, -0.05) is 61.2 Å². The molecule has 0 fully saturated rings. The standard InChI is InChI=1S/C16H16O2/c1-3-4-6-11-15(16(17)18-2)13-12-14-9-7-5-8-10-14/h3-13H,1H2,2H3. The van der Waals surface area contributed by atoms with Gasteiger partial charge in [0.25, 0.3) is 0 Å². The van der Waals surface area contributed by atoms with Crippen LogP contribution in [-0.4, -0.2) is 13.1 Å². The first kappa shape index (κ1) is 13.7. The summed E-state index contributed by atoms with van der Waals surface area (Å²) in [5.41, 5.74) is 1.51. The van der Waals surface area contributed by atoms with E-state index in [-0.39, 0.29) is 5.97 Å². The van der Waals surface area contributed by atoms with E-state index in [0.717, 1.165) is 5.56 Å². The van der Waals surface area contributed by atoms with Gasteiger partial charge in [-0.3, -0.25) is 0 Å². The molecule has 0 unspecified atom stereocenters. The van der Waals surface area contributed by atoms with E-state index >= 15 is 0 Å². The van der Waals surface area contributed by atoms with Crippen molar-refractivity contribution in [3.8, 4) is 0 Å². The van der Waals surface area contributed by atoms with Crippen LogP contribution in [0.1, 0.15) is 5.56 Å². The molecule has 0 saturated heterocycles. The Morgan fingerprint density at radius 2 is 1.94 bits per heavy atom. The van der Waals surface area contributed by atoms with E-state index in [1.165, 1.54) is 7.11 Å². The van der Waals surface area contributed by atoms with Crippen LogP contribution in [0.2, 0.25) is 0 Å². The number of hydrogen-bond donors (Lipinski definition) is 0. The second kappa shape index (κ2) is 7.85. The first-order chi connectivity index (χ1) is 8.77. The van der Waals surface area contributed by atoms with E-state index in [2.05, 4.69) is 6.58 Å². The van der Waals surface area contributed by atoms with Crippen LogP contribution in [-0.2, 0) is 9.53 Å². The summed E-state index contributed by atoms with van der Waals surface area (Å²) in [6.45, 7) is 3.57. The topological polar surface area (TPSA) is 26.3 Å². The molecule has 0 N–H and O–H groups in total. The van der Waals surface area contributed by atoms with Gasteiger partial charge in [0.05, 0.1) is 12.7 Å². The lowest BCUT2D eigenvalue weighted by atomic mass is 10.1. The van der Waals surface area contributed by atoms with Crippen molar-refractivity contribution in [2.75, 3.05) is 7.11 Å². The van der Waals surface area contributed by atoms with Gasteiger partial charge in [-0.25, -0.2) is 4.79 Å². The number of allylic oxidation sites excluding steroid dienone is 4. The maximum Gasteiger partial charge on any atom is 0.337 e. The average molecular weight is 240 g/mol. The number of methoxy groups -OCH3 is 1. The highest BCUT2D eigenvalue weighted by Crippen LogP contribution is 2.07. The Morgan fingerprint density at radius 3 is 2.56 bits per heavy atom. The minimum absolute atomic E-state index is 0.365. The molecule has 92 valence electrons. The molecule has 0 aliphatic rings. The highest BCUT2D eigenvalue weighted by Gasteiger charge is 2.03. The fourth-order valence-electron chi connectivity index (χ4n) is 1.30. The smallest absolute Gasteiger partial charge is 0.337 e. The van der Waals surface area contributed by atoms with Gasteiger partial charge in [-0.15, -0.1) is 0 Å². The molecule has 2 nitrogen and oxygen atoms in total. The Kier molecular flexibility index (Phi) is 5.98. The third-order valence-corrected chi connectivity index (χ3v) is 2.20. The minimum Gasteiger partial charge on any atom is -0.465 e. The zero-order valence-electron chi connectivity index (χ0n) is 10.4. The number of hydrogen-bond acceptors (Lipinski definition) is 2. The fourth-order valence-corrected chi connectivity index (χ4v) is 1.30. The molecule has 0 amide bonds. The zero-order valence-corrected chi connectivity index (χ0v) is 10.4. The molecule has 0 heterocycles. The van der Waals surface area contributed by atoms with Gasteiger partial charge in [-0.05, 0) is 17.7 Å². The molecule has 0 spiro atoms. The van der Waals surface area contributed by atoms with Gasteiger partial charge in [0.15, 0.2) is 0 Å². The molecule has 0 saturated carbocycles. The molecule has 0 bridgehead atoms. The van der Waals surface area contributed by atoms with Crippen molar-refractivity contribution in [2.45, 2.75) is 0 Å². The van der Waals surface area contributed by atoms with Crippen molar-refractivity contribution in [1.82, 2.24) is 0 Å². The Balaban J connectivity index is 2.88. The normalized spacial score (nSPS) is 11.9. The van der Waals surface area contributed by atoms with Gasteiger partial charge in [0, 0.05) is 0 Å². The number of carbonyl (C=O) groups excluding carboxylic acids is 1. The van der Waals surface area contributed by atoms with Gasteiger partial charge in [0.1, 0.15) is 0 Å². The first-order valence-electron chi connectivity index (χ1n) is 5.58. The zero-order chi connectivity index (χ0) is 13.2. The lowest BCUT2D eigenvalue weighted by Crippen LogP contribution is -2.02. The molecule has 1 aromatic carbocycles. The number of esters is 1. The Bertz CT molecular complexity index is 479. The molecule has 1 aromatic rings. The monoisotopic (exact) mass is 240 g/mol. The van der Waals surface area contributed by atoms with Crippen LogP contribution in [0.4, 0.5) is 0 Å². The summed E-state index contributed by atoms with van der Waals surface area (Å²) in [4.78, 5) is 11.5. The van der Waals surface area contributed by atoms with Crippen molar-refractivity contribution in [3.63, 3.8) is 0 Å². The quantitative estimate of drug-likeness (QED) is 0.447. The summed E-state index contributed by atoms with van der Waals surface area (Å²) in [5, 5.41) is 0. The summed E-state index contributed by atoms with van der Waals surface area (Å²) in [7, 11) is 1.36. The molecule has 0 aromatic heterocycles. The van der Waals surface area contributed by atoms with E-state index in [1.54, 1.807) is 30.4 Å². The van der Waals surface area contributed by atoms with Gasteiger partial charge >= 0.3 is 5.97 Å². The van der Waals surface area contributed by atoms with E-state index in [4.69, 9.17) is 4.74 Å². The van der Waals surface area contributed by atoms with Crippen LogP contribution in [0.5, 0.6) is 0 Å². The number of rotatable bonds is 5. The van der Waals surface area contributed by atoms with Gasteiger partial charge in [0.2, 0.25) is 0 Å². The van der Waals surface area contributed by atoms with Crippen molar-refractivity contribution in [3.05, 3.63) is 78.4 Å². The van der Waals surface area contributed by atoms with Crippen LogP contribution in [0.25, 0.3) is 6.08 Å². The van der Waals surface area contributed by atoms with Crippen molar-refractivity contribution in [1.29, 1.82) is 0 Å². The van der Waals surface area contributed by atoms with E-state index in [1.807, 2.05) is 36.4 Å². The summed E-state index contributed by atoms with van der Waals surface area (Å²) < 4.78 is 4.71. The number of carbonyl (C=O) groups is 1. The molecule has 0 aliphatic carbocycles. The molecule has 1 rings (SSSR count). The summed E-state index contributed by atoms with van der Waals surface area (Å²) in [5.74, 6) is -0.365. The number of ether oxygens (including phenoxy) is 1. The van der Waals surface area contributed by atoms with Crippen LogP contribution in [0.15, 0.2) is 72.9 Å². The Hall–Kier alpha value is -2.35. The molecule has 0 aliphatic heterocycles. The van der Waals surface area contributed by atoms with Crippen LogP contribution in [0, 0.1) is 0 Å². The lowest BCUT2D eigenvalue weighted by molar-refractivity contribution is -0.135. The molecule has 18 heavy (non-hydrogen) atoms. The van der Waals surface area contributed by atoms with Crippen molar-refractivity contribution >= 4 is 12.0 Å². The van der Waals surface area contributed by atoms with Gasteiger partial charge < -0.3 is 4.74 Å². The second-order valence-corrected chi connectivity index (χ2v) is 3.48. The van der Waals surface area contributed by atoms with Crippen molar-refractivity contribution in [2.24, 2.45) is 0 Å². The summed E-state index contributed by atoms with van der Waals surface area (Å²) in [6.07, 6.45) is 10.4. The first-order valence-corrected chi connectivity index (χ1v) is 5.58. The summed E-state index contributed by atoms with van der Waals surface area (Å²) in [6, 6.07) is 9.76. The van der Waals surface area contributed by atoms with E-state index < -0.39 is 0 Å². The lowest BCUT2D eigenvalue weighted by Gasteiger charge is -1.98. The average Bonchev–Trinajstić information content (AvgIpc) is 2.43. The molecule has 2 heteroatoms. The van der Waals surface area contributed by atoms with Crippen LogP contribution in [0.3, 0.4) is 0 Å². The maximum atomic E-state index is 11.5. The predicted molar refractivity (Wildman–Crippen MR) is 74.9 cm³/mol. The Morgan fingerprint density at radius 1 is 1.22 bits per heavy atom.